The minimum absolute atomic E-state index is 0.0150. The van der Waals surface area contributed by atoms with Crippen molar-refractivity contribution in [2.24, 2.45) is 0 Å². The molecule has 0 N–H and O–H groups in total. The molecule has 0 atom stereocenters. The second kappa shape index (κ2) is 16.2. The summed E-state index contributed by atoms with van der Waals surface area (Å²) >= 11 is 0. The van der Waals surface area contributed by atoms with Gasteiger partial charge in [0.15, 0.2) is 17.3 Å². The van der Waals surface area contributed by atoms with E-state index in [0.717, 1.165) is 18.2 Å². The highest BCUT2D eigenvalue weighted by molar-refractivity contribution is 5.93. The van der Waals surface area contributed by atoms with Crippen molar-refractivity contribution in [2.45, 2.75) is 13.8 Å². The molecule has 50 heavy (non-hydrogen) atoms. The van der Waals surface area contributed by atoms with Gasteiger partial charge < -0.3 is 23.7 Å². The lowest BCUT2D eigenvalue weighted by molar-refractivity contribution is -0.130. The average Bonchev–Trinajstić information content (AvgIpc) is 3.09. The molecule has 4 aromatic rings. The molecule has 0 aromatic heterocycles. The van der Waals surface area contributed by atoms with Crippen LogP contribution < -0.4 is 23.7 Å². The van der Waals surface area contributed by atoms with Crippen molar-refractivity contribution in [1.82, 2.24) is 0 Å². The van der Waals surface area contributed by atoms with E-state index in [4.69, 9.17) is 23.7 Å². The van der Waals surface area contributed by atoms with Crippen LogP contribution in [-0.2, 0) is 14.4 Å². The number of ether oxygens (including phenoxy) is 5. The normalized spacial score (nSPS) is 9.98. The lowest BCUT2D eigenvalue weighted by Crippen LogP contribution is -2.12. The van der Waals surface area contributed by atoms with Crippen molar-refractivity contribution < 1.29 is 52.0 Å². The first-order valence-electron chi connectivity index (χ1n) is 14.5. The van der Waals surface area contributed by atoms with Gasteiger partial charge in [0.05, 0.1) is 16.7 Å². The number of hydrogen-bond donors (Lipinski definition) is 0. The van der Waals surface area contributed by atoms with Gasteiger partial charge in [-0.25, -0.2) is 28.4 Å². The SMILES string of the molecule is C=CC(=O)Oc1cc(OC(=O)c2ccc(OC(=O)c3ccc(OC(=O)C(=C)C)cc3)cc2)c(F)cc1C#Cc1ccc(OC(=O)C(=C)C)cc1. The first kappa shape index (κ1) is 35.8. The maximum atomic E-state index is 15.1. The Balaban J connectivity index is 1.45. The number of esters is 5. The van der Waals surface area contributed by atoms with Crippen LogP contribution in [0.2, 0.25) is 0 Å². The summed E-state index contributed by atoms with van der Waals surface area (Å²) in [5, 5.41) is 0. The summed E-state index contributed by atoms with van der Waals surface area (Å²) in [6.07, 6.45) is 0.891. The minimum atomic E-state index is -0.978. The van der Waals surface area contributed by atoms with E-state index in [1.165, 1.54) is 74.5 Å². The summed E-state index contributed by atoms with van der Waals surface area (Å²) in [7, 11) is 0. The lowest BCUT2D eigenvalue weighted by atomic mass is 10.1. The Morgan fingerprint density at radius 2 is 1.06 bits per heavy atom. The van der Waals surface area contributed by atoms with Gasteiger partial charge in [-0.15, -0.1) is 0 Å². The predicted molar refractivity (Wildman–Crippen MR) is 178 cm³/mol. The van der Waals surface area contributed by atoms with E-state index in [1.807, 2.05) is 0 Å². The quantitative estimate of drug-likeness (QED) is 0.0773. The molecule has 0 radical (unpaired) electrons. The maximum Gasteiger partial charge on any atom is 0.343 e. The predicted octanol–water partition coefficient (Wildman–Crippen LogP) is 6.72. The summed E-state index contributed by atoms with van der Waals surface area (Å²) in [6, 6.07) is 19.0. The van der Waals surface area contributed by atoms with Gasteiger partial charge in [0.25, 0.3) is 0 Å². The molecule has 4 rings (SSSR count). The molecule has 0 aliphatic rings. The van der Waals surface area contributed by atoms with Gasteiger partial charge in [-0.3, -0.25) is 0 Å². The van der Waals surface area contributed by atoms with Crippen molar-refractivity contribution in [2.75, 3.05) is 0 Å². The fourth-order valence-corrected chi connectivity index (χ4v) is 3.72. The Morgan fingerprint density at radius 1 is 0.600 bits per heavy atom. The molecule has 0 fully saturated rings. The van der Waals surface area contributed by atoms with Crippen LogP contribution in [0.3, 0.4) is 0 Å². The molecule has 4 aromatic carbocycles. The molecule has 250 valence electrons. The number of halogens is 1. The van der Waals surface area contributed by atoms with Crippen molar-refractivity contribution in [3.63, 3.8) is 0 Å². The second-order valence-corrected chi connectivity index (χ2v) is 10.3. The van der Waals surface area contributed by atoms with Crippen molar-refractivity contribution in [1.29, 1.82) is 0 Å². The third-order valence-electron chi connectivity index (χ3n) is 6.32. The molecule has 11 heteroatoms. The van der Waals surface area contributed by atoms with Gasteiger partial charge >= 0.3 is 29.8 Å². The van der Waals surface area contributed by atoms with E-state index in [9.17, 15) is 24.0 Å². The second-order valence-electron chi connectivity index (χ2n) is 10.3. The Kier molecular flexibility index (Phi) is 11.6. The van der Waals surface area contributed by atoms with Gasteiger partial charge in [-0.05, 0) is 92.7 Å². The Morgan fingerprint density at radius 3 is 1.54 bits per heavy atom. The molecule has 0 unspecified atom stereocenters. The zero-order valence-corrected chi connectivity index (χ0v) is 26.7. The zero-order chi connectivity index (χ0) is 36.4. The summed E-state index contributed by atoms with van der Waals surface area (Å²) in [6.45, 7) is 13.4. The number of carbonyl (C=O) groups is 5. The minimum Gasteiger partial charge on any atom is -0.423 e. The lowest BCUT2D eigenvalue weighted by Gasteiger charge is -2.10. The maximum absolute atomic E-state index is 15.1. The standard InChI is InChI=1S/C39H27FO10/c1-6-35(41)49-33-22-34(32(40)21-28(33)10-7-25-8-15-29(16-9-25)46-36(42)23(2)3)50-39(45)27-13-19-31(20-14-27)48-38(44)26-11-17-30(18-12-26)47-37(43)24(4)5/h6,8-9,11-22H,1-2,4H2,3,5H3. The Bertz CT molecular complexity index is 2080. The van der Waals surface area contributed by atoms with Gasteiger partial charge in [-0.2, -0.15) is 0 Å². The van der Waals surface area contributed by atoms with Crippen LogP contribution in [0.5, 0.6) is 28.7 Å². The first-order valence-corrected chi connectivity index (χ1v) is 14.5. The molecular weight excluding hydrogens is 647 g/mol. The highest BCUT2D eigenvalue weighted by Gasteiger charge is 2.18. The summed E-state index contributed by atoms with van der Waals surface area (Å²) < 4.78 is 41.1. The smallest absolute Gasteiger partial charge is 0.343 e. The highest BCUT2D eigenvalue weighted by Crippen LogP contribution is 2.29. The topological polar surface area (TPSA) is 132 Å². The molecule has 0 saturated heterocycles. The van der Waals surface area contributed by atoms with E-state index in [1.54, 1.807) is 12.1 Å². The molecule has 0 aliphatic carbocycles. The monoisotopic (exact) mass is 674 g/mol. The van der Waals surface area contributed by atoms with Crippen LogP contribution in [0.4, 0.5) is 4.39 Å². The van der Waals surface area contributed by atoms with E-state index >= 15 is 4.39 Å². The van der Waals surface area contributed by atoms with Gasteiger partial charge in [0.1, 0.15) is 17.2 Å². The van der Waals surface area contributed by atoms with Crippen LogP contribution in [0.25, 0.3) is 0 Å². The third-order valence-corrected chi connectivity index (χ3v) is 6.32. The average molecular weight is 675 g/mol. The van der Waals surface area contributed by atoms with Crippen LogP contribution in [-0.4, -0.2) is 29.8 Å². The zero-order valence-electron chi connectivity index (χ0n) is 26.7. The molecule has 0 heterocycles. The number of benzene rings is 4. The Hall–Kier alpha value is -7.06. The number of hydrogen-bond acceptors (Lipinski definition) is 10. The largest absolute Gasteiger partial charge is 0.423 e. The van der Waals surface area contributed by atoms with Crippen LogP contribution in [0.15, 0.2) is 122 Å². The summed E-state index contributed by atoms with van der Waals surface area (Å²) in [5.74, 6) is 0.612. The number of rotatable bonds is 10. The van der Waals surface area contributed by atoms with Gasteiger partial charge in [0, 0.05) is 28.9 Å². The molecule has 0 saturated carbocycles. The fourth-order valence-electron chi connectivity index (χ4n) is 3.72. The third kappa shape index (κ3) is 9.73. The van der Waals surface area contributed by atoms with E-state index < -0.39 is 41.4 Å². The van der Waals surface area contributed by atoms with Crippen LogP contribution >= 0.6 is 0 Å². The van der Waals surface area contributed by atoms with Crippen molar-refractivity contribution in [3.8, 4) is 40.6 Å². The summed E-state index contributed by atoms with van der Waals surface area (Å²) in [4.78, 5) is 60.8. The van der Waals surface area contributed by atoms with E-state index in [0.29, 0.717) is 5.56 Å². The van der Waals surface area contributed by atoms with Gasteiger partial charge in [0.2, 0.25) is 0 Å². The van der Waals surface area contributed by atoms with E-state index in [2.05, 4.69) is 31.6 Å². The van der Waals surface area contributed by atoms with Crippen LogP contribution in [0, 0.1) is 17.7 Å². The Labute approximate surface area is 286 Å². The first-order chi connectivity index (χ1) is 23.8. The van der Waals surface area contributed by atoms with Crippen LogP contribution in [0.1, 0.15) is 45.7 Å². The molecule has 0 spiro atoms. The molecule has 0 aliphatic heterocycles. The summed E-state index contributed by atoms with van der Waals surface area (Å²) in [5.41, 5.74) is 1.03. The molecule has 0 amide bonds. The number of carbonyl (C=O) groups excluding carboxylic acids is 5. The molecule has 10 nitrogen and oxygen atoms in total. The van der Waals surface area contributed by atoms with Gasteiger partial charge in [-0.1, -0.05) is 31.6 Å². The highest BCUT2D eigenvalue weighted by atomic mass is 19.1. The molecule has 0 bridgehead atoms. The molecular formula is C39H27FO10. The fraction of sp³-hybridized carbons (Fsp3) is 0.0513. The van der Waals surface area contributed by atoms with E-state index in [-0.39, 0.29) is 50.8 Å². The van der Waals surface area contributed by atoms with Crippen molar-refractivity contribution in [3.05, 3.63) is 150 Å². The van der Waals surface area contributed by atoms with Crippen molar-refractivity contribution >= 4 is 29.8 Å².